The van der Waals surface area contributed by atoms with Crippen molar-refractivity contribution in [1.29, 1.82) is 0 Å². The van der Waals surface area contributed by atoms with Gasteiger partial charge in [0.15, 0.2) is 0 Å². The molecule has 3 heterocycles. The summed E-state index contributed by atoms with van der Waals surface area (Å²) in [6, 6.07) is 28.1. The van der Waals surface area contributed by atoms with Gasteiger partial charge in [0.2, 0.25) is 0 Å². The van der Waals surface area contributed by atoms with Crippen LogP contribution in [0.5, 0.6) is 0 Å². The molecule has 4 heteroatoms. The minimum Gasteiger partial charge on any atom is -0.407 e. The van der Waals surface area contributed by atoms with Crippen LogP contribution in [0.1, 0.15) is 108 Å². The number of rotatable bonds is 1. The Labute approximate surface area is 340 Å². The van der Waals surface area contributed by atoms with Gasteiger partial charge in [-0.15, -0.1) is 0 Å². The number of fused-ring (bicyclic) bond motifs is 10. The zero-order valence-corrected chi connectivity index (χ0v) is 35.6. The molecule has 5 aliphatic rings. The standard InChI is InChI=1S/C53H56BN3/c1-11-34-18-12-13-19-35-28-32(2)29-45-47(35)54(56(10)50-38-21-15-17-23-42(38)55-49(34)50)48-43(25-24-37-36-20-14-16-22-39(36)53(8,9)46(37)48)57(45)44-31-41-40(30-33(44)3)51(4,5)26-27-52(41,6)7/h11-25,29-32,55H,26-28H2,1-10H3/b18-12-,19-13+,34-11+. The van der Waals surface area contributed by atoms with Crippen molar-refractivity contribution in [2.75, 3.05) is 16.8 Å². The van der Waals surface area contributed by atoms with Crippen LogP contribution in [0.25, 0.3) is 27.6 Å². The molecule has 3 aliphatic carbocycles. The highest BCUT2D eigenvalue weighted by molar-refractivity contribution is 6.86. The molecule has 0 amide bonds. The number of allylic oxidation sites excluding steroid dienone is 9. The molecule has 3 nitrogen and oxygen atoms in total. The third-order valence-corrected chi connectivity index (χ3v) is 14.5. The normalized spacial score (nSPS) is 22.8. The highest BCUT2D eigenvalue weighted by Crippen LogP contribution is 2.55. The van der Waals surface area contributed by atoms with Crippen LogP contribution in [-0.2, 0) is 16.2 Å². The van der Waals surface area contributed by atoms with Crippen LogP contribution in [0.4, 0.5) is 17.1 Å². The molecule has 0 spiro atoms. The zero-order chi connectivity index (χ0) is 39.8. The second-order valence-electron chi connectivity index (χ2n) is 19.4. The Morgan fingerprint density at radius 2 is 1.49 bits per heavy atom. The number of hydrogen-bond donors (Lipinski definition) is 1. The molecular formula is C53H56BN3. The number of nitrogens with one attached hydrogen (secondary N) is 1. The summed E-state index contributed by atoms with van der Waals surface area (Å²) in [5.74, 6) is 0.380. The maximum absolute atomic E-state index is 3.90. The van der Waals surface area contributed by atoms with Gasteiger partial charge in [0.05, 0.1) is 11.4 Å². The summed E-state index contributed by atoms with van der Waals surface area (Å²) in [6.07, 6.45) is 17.5. The van der Waals surface area contributed by atoms with Gasteiger partial charge in [-0.25, -0.2) is 0 Å². The Balaban J connectivity index is 1.35. The van der Waals surface area contributed by atoms with Gasteiger partial charge in [0.25, 0.3) is 0 Å². The lowest BCUT2D eigenvalue weighted by atomic mass is 9.41. The van der Waals surface area contributed by atoms with Gasteiger partial charge in [-0.3, -0.25) is 0 Å². The molecule has 1 atom stereocenters. The van der Waals surface area contributed by atoms with Crippen LogP contribution >= 0.6 is 0 Å². The summed E-state index contributed by atoms with van der Waals surface area (Å²) in [5.41, 5.74) is 23.0. The quantitative estimate of drug-likeness (QED) is 0.173. The predicted octanol–water partition coefficient (Wildman–Crippen LogP) is 12.9. The Bertz CT molecular complexity index is 2710. The number of aryl methyl sites for hydroxylation is 1. The first-order chi connectivity index (χ1) is 27.2. The van der Waals surface area contributed by atoms with Crippen molar-refractivity contribution in [1.82, 2.24) is 4.98 Å². The second-order valence-corrected chi connectivity index (χ2v) is 19.4. The molecular weight excluding hydrogens is 689 g/mol. The number of benzene rings is 4. The Morgan fingerprint density at radius 3 is 2.26 bits per heavy atom. The highest BCUT2D eigenvalue weighted by Gasteiger charge is 2.50. The van der Waals surface area contributed by atoms with E-state index in [9.17, 15) is 0 Å². The molecule has 0 fully saturated rings. The van der Waals surface area contributed by atoms with E-state index in [1.165, 1.54) is 108 Å². The summed E-state index contributed by atoms with van der Waals surface area (Å²) in [7, 11) is 2.37. The van der Waals surface area contributed by atoms with E-state index in [1.807, 2.05) is 0 Å². The van der Waals surface area contributed by atoms with Gasteiger partial charge in [-0.2, -0.15) is 0 Å². The SMILES string of the molecule is C\C=C1/C=C\C=C\C2=C3B(c4c(ccc5c4C(C)(C)c4ccccc4-5)N(c4cc5c(cc4C)C(C)(C)CCC5(C)C)C3=CC(C)C2)N(C)c2c1[nH]c1ccccc21. The number of H-pyrrole nitrogens is 1. The molecule has 0 radical (unpaired) electrons. The summed E-state index contributed by atoms with van der Waals surface area (Å²) >= 11 is 0. The lowest BCUT2D eigenvalue weighted by Gasteiger charge is -2.48. The largest absolute Gasteiger partial charge is 0.407 e. The van der Waals surface area contributed by atoms with Gasteiger partial charge >= 0.3 is 6.85 Å². The van der Waals surface area contributed by atoms with Crippen LogP contribution in [0.2, 0.25) is 0 Å². The van der Waals surface area contributed by atoms with E-state index in [4.69, 9.17) is 0 Å². The van der Waals surface area contributed by atoms with Crippen molar-refractivity contribution >= 4 is 45.8 Å². The fourth-order valence-electron chi connectivity index (χ4n) is 11.4. The maximum Gasteiger partial charge on any atom is 0.328 e. The summed E-state index contributed by atoms with van der Waals surface area (Å²) in [4.78, 5) is 9.25. The first kappa shape index (κ1) is 36.1. The van der Waals surface area contributed by atoms with Gasteiger partial charge in [0.1, 0.15) is 0 Å². The van der Waals surface area contributed by atoms with Gasteiger partial charge < -0.3 is 14.7 Å². The maximum atomic E-state index is 3.90. The topological polar surface area (TPSA) is 22.3 Å². The first-order valence-electron chi connectivity index (χ1n) is 21.3. The summed E-state index contributed by atoms with van der Waals surface area (Å²) in [5, 5.41) is 1.25. The number of aromatic nitrogens is 1. The van der Waals surface area contributed by atoms with Crippen LogP contribution in [-0.4, -0.2) is 18.9 Å². The predicted molar refractivity (Wildman–Crippen MR) is 246 cm³/mol. The van der Waals surface area contributed by atoms with Crippen molar-refractivity contribution in [3.8, 4) is 11.1 Å². The Hall–Kier alpha value is -5.22. The van der Waals surface area contributed by atoms with Crippen LogP contribution in [0, 0.1) is 12.8 Å². The fraction of sp³-hybridized carbons (Fsp3) is 0.321. The molecule has 4 aromatic carbocycles. The zero-order valence-electron chi connectivity index (χ0n) is 35.6. The van der Waals surface area contributed by atoms with Crippen LogP contribution in [0.15, 0.2) is 126 Å². The average Bonchev–Trinajstić information content (AvgIpc) is 3.67. The second kappa shape index (κ2) is 12.4. The average molecular weight is 746 g/mol. The molecule has 1 unspecified atom stereocenters. The number of nitrogens with zero attached hydrogens (tertiary/aromatic N) is 2. The van der Waals surface area contributed by atoms with Crippen LogP contribution < -0.4 is 15.2 Å². The number of hydrogen-bond acceptors (Lipinski definition) is 2. The van der Waals surface area contributed by atoms with Crippen molar-refractivity contribution in [2.24, 2.45) is 5.92 Å². The van der Waals surface area contributed by atoms with E-state index in [1.54, 1.807) is 0 Å². The summed E-state index contributed by atoms with van der Waals surface area (Å²) < 4.78 is 0. The molecule has 57 heavy (non-hydrogen) atoms. The molecule has 0 bridgehead atoms. The Morgan fingerprint density at radius 1 is 0.789 bits per heavy atom. The minimum absolute atomic E-state index is 0.0411. The molecule has 0 saturated carbocycles. The Kier molecular flexibility index (Phi) is 7.86. The smallest absolute Gasteiger partial charge is 0.328 e. The molecule has 10 rings (SSSR count). The monoisotopic (exact) mass is 745 g/mol. The first-order valence-corrected chi connectivity index (χ1v) is 21.3. The number of para-hydroxylation sites is 1. The molecule has 5 aromatic rings. The van der Waals surface area contributed by atoms with Crippen molar-refractivity contribution in [3.63, 3.8) is 0 Å². The van der Waals surface area contributed by atoms with Crippen LogP contribution in [0.3, 0.4) is 0 Å². The molecule has 2 aliphatic heterocycles. The molecule has 286 valence electrons. The van der Waals surface area contributed by atoms with E-state index in [0.29, 0.717) is 5.92 Å². The number of anilines is 3. The van der Waals surface area contributed by atoms with Crippen molar-refractivity contribution < 1.29 is 0 Å². The lowest BCUT2D eigenvalue weighted by Crippen LogP contribution is -2.57. The number of aromatic amines is 1. The van der Waals surface area contributed by atoms with E-state index in [0.717, 1.165) is 11.9 Å². The fourth-order valence-corrected chi connectivity index (χ4v) is 11.4. The van der Waals surface area contributed by atoms with E-state index in [2.05, 4.69) is 193 Å². The molecule has 1 aromatic heterocycles. The van der Waals surface area contributed by atoms with E-state index < -0.39 is 0 Å². The summed E-state index contributed by atoms with van der Waals surface area (Å²) in [6.45, 7) is 21.6. The highest BCUT2D eigenvalue weighted by atomic mass is 15.2. The van der Waals surface area contributed by atoms with Gasteiger partial charge in [0, 0.05) is 33.4 Å². The van der Waals surface area contributed by atoms with Gasteiger partial charge in [-0.1, -0.05) is 140 Å². The van der Waals surface area contributed by atoms with E-state index in [-0.39, 0.29) is 23.1 Å². The van der Waals surface area contributed by atoms with E-state index >= 15 is 0 Å². The third kappa shape index (κ3) is 5.11. The van der Waals surface area contributed by atoms with Crippen molar-refractivity contribution in [2.45, 2.75) is 97.8 Å². The molecule has 1 N–H and O–H groups in total. The molecule has 0 saturated heterocycles. The third-order valence-electron chi connectivity index (χ3n) is 14.5. The van der Waals surface area contributed by atoms with Crippen molar-refractivity contribution in [3.05, 3.63) is 160 Å². The minimum atomic E-state index is -0.203. The lowest BCUT2D eigenvalue weighted by molar-refractivity contribution is 0.332. The van der Waals surface area contributed by atoms with Gasteiger partial charge in [-0.05, 0) is 136 Å².